The average molecular weight is 326 g/mol. The highest BCUT2D eigenvalue weighted by Gasteiger charge is 2.35. The normalized spacial score (nSPS) is 17.1. The van der Waals surface area contributed by atoms with Crippen LogP contribution < -0.4 is 9.64 Å². The zero-order chi connectivity index (χ0) is 17.1. The fourth-order valence-electron chi connectivity index (χ4n) is 2.66. The number of ether oxygens (including phenoxy) is 1. The second kappa shape index (κ2) is 6.70. The average Bonchev–Trinajstić information content (AvgIpc) is 2.98. The van der Waals surface area contributed by atoms with Crippen molar-refractivity contribution in [2.75, 3.05) is 11.4 Å². The van der Waals surface area contributed by atoms with Crippen molar-refractivity contribution in [3.05, 3.63) is 48.2 Å². The maximum absolute atomic E-state index is 11.9. The summed E-state index contributed by atoms with van der Waals surface area (Å²) in [4.78, 5) is 28.6. The van der Waals surface area contributed by atoms with E-state index in [0.29, 0.717) is 17.3 Å². The van der Waals surface area contributed by atoms with Crippen LogP contribution >= 0.6 is 0 Å². The highest BCUT2D eigenvalue weighted by atomic mass is 16.5. The molecule has 1 N–H and O–H groups in total. The Morgan fingerprint density at radius 2 is 2.21 bits per heavy atom. The van der Waals surface area contributed by atoms with Crippen LogP contribution in [0.2, 0.25) is 0 Å². The van der Waals surface area contributed by atoms with Crippen LogP contribution in [0.15, 0.2) is 42.6 Å². The zero-order valence-corrected chi connectivity index (χ0v) is 13.3. The molecule has 0 spiro atoms. The molecule has 1 aromatic carbocycles. The van der Waals surface area contributed by atoms with Gasteiger partial charge >= 0.3 is 5.97 Å². The summed E-state index contributed by atoms with van der Waals surface area (Å²) in [5.41, 5.74) is 1.75. The molecule has 6 nitrogen and oxygen atoms in total. The van der Waals surface area contributed by atoms with Crippen LogP contribution in [0.25, 0.3) is 0 Å². The molecule has 0 bridgehead atoms. The van der Waals surface area contributed by atoms with Crippen molar-refractivity contribution in [1.82, 2.24) is 4.98 Å². The number of hydrogen-bond acceptors (Lipinski definition) is 4. The third-order valence-corrected chi connectivity index (χ3v) is 4.04. The molecule has 1 unspecified atom stereocenters. The van der Waals surface area contributed by atoms with Gasteiger partial charge in [-0.2, -0.15) is 0 Å². The zero-order valence-electron chi connectivity index (χ0n) is 13.3. The van der Waals surface area contributed by atoms with E-state index in [1.54, 1.807) is 12.1 Å². The van der Waals surface area contributed by atoms with Crippen molar-refractivity contribution in [1.29, 1.82) is 0 Å². The van der Waals surface area contributed by atoms with Gasteiger partial charge in [-0.3, -0.25) is 9.59 Å². The highest BCUT2D eigenvalue weighted by molar-refractivity contribution is 5.99. The molecule has 0 saturated carbocycles. The fourth-order valence-corrected chi connectivity index (χ4v) is 2.66. The number of carbonyl (C=O) groups excluding carboxylic acids is 1. The molecule has 0 aliphatic carbocycles. The maximum atomic E-state index is 11.9. The molecule has 3 rings (SSSR count). The van der Waals surface area contributed by atoms with Crippen LogP contribution in [0.3, 0.4) is 0 Å². The van der Waals surface area contributed by atoms with Crippen molar-refractivity contribution >= 4 is 17.6 Å². The van der Waals surface area contributed by atoms with Gasteiger partial charge in [-0.05, 0) is 30.2 Å². The predicted octanol–water partition coefficient (Wildman–Crippen LogP) is 2.87. The number of benzene rings is 1. The summed E-state index contributed by atoms with van der Waals surface area (Å²) in [6.07, 6.45) is 2.48. The number of nitrogens with zero attached hydrogens (tertiary/aromatic N) is 2. The van der Waals surface area contributed by atoms with Crippen LogP contribution in [0.5, 0.6) is 11.6 Å². The minimum atomic E-state index is -0.949. The Kier molecular flexibility index (Phi) is 4.46. The number of aliphatic carboxylic acids is 1. The number of amides is 1. The second-order valence-corrected chi connectivity index (χ2v) is 5.70. The van der Waals surface area contributed by atoms with Gasteiger partial charge < -0.3 is 14.7 Å². The number of aryl methyl sites for hydroxylation is 1. The number of carbonyl (C=O) groups is 2. The monoisotopic (exact) mass is 326 g/mol. The highest BCUT2D eigenvalue weighted by Crippen LogP contribution is 2.27. The van der Waals surface area contributed by atoms with E-state index in [4.69, 9.17) is 9.84 Å². The van der Waals surface area contributed by atoms with Crippen molar-refractivity contribution in [3.8, 4) is 11.6 Å². The Bertz CT molecular complexity index is 758. The number of hydrogen-bond donors (Lipinski definition) is 1. The number of carboxylic acid groups (broad SMARTS) is 1. The van der Waals surface area contributed by atoms with Gasteiger partial charge in [0.05, 0.1) is 17.8 Å². The van der Waals surface area contributed by atoms with Crippen molar-refractivity contribution in [2.45, 2.75) is 19.8 Å². The van der Waals surface area contributed by atoms with E-state index >= 15 is 0 Å². The third-order valence-electron chi connectivity index (χ3n) is 4.04. The van der Waals surface area contributed by atoms with Crippen LogP contribution in [0.1, 0.15) is 18.9 Å². The van der Waals surface area contributed by atoms with Gasteiger partial charge in [-0.25, -0.2) is 4.98 Å². The largest absolute Gasteiger partial charge is 0.481 e. The predicted molar refractivity (Wildman–Crippen MR) is 88.2 cm³/mol. The van der Waals surface area contributed by atoms with Gasteiger partial charge in [0, 0.05) is 19.0 Å². The lowest BCUT2D eigenvalue weighted by molar-refractivity contribution is -0.141. The third kappa shape index (κ3) is 3.37. The molecule has 1 atom stereocenters. The molecule has 124 valence electrons. The van der Waals surface area contributed by atoms with Crippen molar-refractivity contribution < 1.29 is 19.4 Å². The summed E-state index contributed by atoms with van der Waals surface area (Å²) in [5.74, 6) is -0.681. The number of anilines is 1. The Labute approximate surface area is 139 Å². The minimum Gasteiger partial charge on any atom is -0.481 e. The smallest absolute Gasteiger partial charge is 0.308 e. The van der Waals surface area contributed by atoms with E-state index in [1.165, 1.54) is 16.7 Å². The van der Waals surface area contributed by atoms with Crippen molar-refractivity contribution in [2.24, 2.45) is 5.92 Å². The lowest BCUT2D eigenvalue weighted by atomic mass is 10.1. The first-order valence-electron chi connectivity index (χ1n) is 7.83. The minimum absolute atomic E-state index is 0.0252. The molecule has 1 saturated heterocycles. The number of pyridine rings is 1. The van der Waals surface area contributed by atoms with Gasteiger partial charge in [-0.1, -0.05) is 19.1 Å². The van der Waals surface area contributed by atoms with Gasteiger partial charge in [0.25, 0.3) is 0 Å². The van der Waals surface area contributed by atoms with Crippen LogP contribution in [-0.4, -0.2) is 28.5 Å². The first kappa shape index (κ1) is 16.0. The summed E-state index contributed by atoms with van der Waals surface area (Å²) in [6.45, 7) is 2.25. The molecule has 2 aromatic rings. The number of carboxylic acids is 1. The summed E-state index contributed by atoms with van der Waals surface area (Å²) in [7, 11) is 0. The molecule has 2 heterocycles. The summed E-state index contributed by atoms with van der Waals surface area (Å²) in [6, 6.07) is 11.2. The molecular formula is C18H18N2O4. The molecule has 1 aliphatic heterocycles. The standard InChI is InChI=1S/C18H18N2O4/c1-2-12-4-3-5-15(8-12)24-16-7-6-14(10-19-16)20-11-13(18(22)23)9-17(20)21/h3-8,10,13H,2,9,11H2,1H3,(H,22,23). The summed E-state index contributed by atoms with van der Waals surface area (Å²) < 4.78 is 5.72. The topological polar surface area (TPSA) is 79.7 Å². The van der Waals surface area contributed by atoms with Crippen molar-refractivity contribution in [3.63, 3.8) is 0 Å². The first-order chi connectivity index (χ1) is 11.6. The Balaban J connectivity index is 1.71. The van der Waals surface area contributed by atoms with E-state index in [1.807, 2.05) is 24.3 Å². The molecule has 0 radical (unpaired) electrons. The summed E-state index contributed by atoms with van der Waals surface area (Å²) in [5, 5.41) is 9.03. The SMILES string of the molecule is CCc1cccc(Oc2ccc(N3CC(C(=O)O)CC3=O)cn2)c1. The summed E-state index contributed by atoms with van der Waals surface area (Å²) >= 11 is 0. The number of aromatic nitrogens is 1. The first-order valence-corrected chi connectivity index (χ1v) is 7.83. The Morgan fingerprint density at radius 3 is 2.83 bits per heavy atom. The Morgan fingerprint density at radius 1 is 1.38 bits per heavy atom. The molecule has 1 amide bonds. The molecule has 1 aliphatic rings. The molecule has 1 fully saturated rings. The van der Waals surface area contributed by atoms with E-state index < -0.39 is 11.9 Å². The lowest BCUT2D eigenvalue weighted by Crippen LogP contribution is -2.25. The van der Waals surface area contributed by atoms with Crippen LogP contribution in [-0.2, 0) is 16.0 Å². The van der Waals surface area contributed by atoms with E-state index in [9.17, 15) is 9.59 Å². The van der Waals surface area contributed by atoms with E-state index in [2.05, 4.69) is 11.9 Å². The van der Waals surface area contributed by atoms with Gasteiger partial charge in [0.2, 0.25) is 11.8 Å². The van der Waals surface area contributed by atoms with Gasteiger partial charge in [0.1, 0.15) is 5.75 Å². The maximum Gasteiger partial charge on any atom is 0.308 e. The van der Waals surface area contributed by atoms with Gasteiger partial charge in [0.15, 0.2) is 0 Å². The van der Waals surface area contributed by atoms with Crippen LogP contribution in [0.4, 0.5) is 5.69 Å². The van der Waals surface area contributed by atoms with Gasteiger partial charge in [-0.15, -0.1) is 0 Å². The Hall–Kier alpha value is -2.89. The lowest BCUT2D eigenvalue weighted by Gasteiger charge is -2.16. The molecule has 24 heavy (non-hydrogen) atoms. The van der Waals surface area contributed by atoms with Crippen LogP contribution in [0, 0.1) is 5.92 Å². The second-order valence-electron chi connectivity index (χ2n) is 5.70. The van der Waals surface area contributed by atoms with E-state index in [0.717, 1.165) is 6.42 Å². The number of rotatable bonds is 5. The fraction of sp³-hybridized carbons (Fsp3) is 0.278. The molecule has 6 heteroatoms. The quantitative estimate of drug-likeness (QED) is 0.914. The molecular weight excluding hydrogens is 308 g/mol. The molecule has 1 aromatic heterocycles. The van der Waals surface area contributed by atoms with E-state index in [-0.39, 0.29) is 18.9 Å².